The van der Waals surface area contributed by atoms with Gasteiger partial charge in [0.05, 0.1) is 15.1 Å². The van der Waals surface area contributed by atoms with Crippen molar-refractivity contribution in [1.29, 1.82) is 0 Å². The predicted octanol–water partition coefficient (Wildman–Crippen LogP) is 4.50. The zero-order chi connectivity index (χ0) is 23.0. The van der Waals surface area contributed by atoms with Crippen molar-refractivity contribution in [3.8, 4) is 0 Å². The zero-order valence-electron chi connectivity index (χ0n) is 19.0. The quantitative estimate of drug-likeness (QED) is 0.562. The maximum Gasteiger partial charge on any atom is 0.279 e. The Morgan fingerprint density at radius 2 is 1.91 bits per heavy atom. The van der Waals surface area contributed by atoms with E-state index >= 15 is 0 Å². The molecule has 1 atom stereocenters. The minimum absolute atomic E-state index is 0.222. The molecular formula is C24H29N3O3S2. The highest BCUT2D eigenvalue weighted by atomic mass is 32.2. The zero-order valence-corrected chi connectivity index (χ0v) is 20.6. The van der Waals surface area contributed by atoms with E-state index in [9.17, 15) is 13.2 Å². The molecule has 6 nitrogen and oxygen atoms in total. The third-order valence-electron chi connectivity index (χ3n) is 5.99. The lowest BCUT2D eigenvalue weighted by molar-refractivity contribution is 0.0997. The minimum atomic E-state index is -3.54. The lowest BCUT2D eigenvalue weighted by atomic mass is 10.0. The number of piperidine rings is 1. The van der Waals surface area contributed by atoms with Crippen LogP contribution in [0.1, 0.15) is 48.2 Å². The first-order valence-electron chi connectivity index (χ1n) is 11.0. The number of benzene rings is 2. The number of fused-ring (bicyclic) bond motifs is 1. The largest absolute Gasteiger partial charge is 0.317 e. The van der Waals surface area contributed by atoms with E-state index in [1.165, 1.54) is 34.6 Å². The topological polar surface area (TPSA) is 71.7 Å². The second kappa shape index (κ2) is 8.92. The molecule has 0 aliphatic carbocycles. The number of aromatic nitrogens is 1. The molecule has 8 heteroatoms. The van der Waals surface area contributed by atoms with E-state index in [1.54, 1.807) is 16.4 Å². The monoisotopic (exact) mass is 471 g/mol. The second-order valence-corrected chi connectivity index (χ2v) is 11.5. The highest BCUT2D eigenvalue weighted by Crippen LogP contribution is 2.25. The van der Waals surface area contributed by atoms with Crippen LogP contribution in [-0.2, 0) is 16.6 Å². The van der Waals surface area contributed by atoms with Crippen molar-refractivity contribution in [2.75, 3.05) is 13.1 Å². The Balaban J connectivity index is 1.65. The second-order valence-electron chi connectivity index (χ2n) is 8.61. The molecule has 2 aromatic carbocycles. The minimum Gasteiger partial charge on any atom is -0.317 e. The van der Waals surface area contributed by atoms with Gasteiger partial charge in [-0.05, 0) is 81.0 Å². The van der Waals surface area contributed by atoms with Crippen LogP contribution < -0.4 is 4.80 Å². The van der Waals surface area contributed by atoms with E-state index in [2.05, 4.69) is 37.9 Å². The van der Waals surface area contributed by atoms with Gasteiger partial charge in [0.25, 0.3) is 5.91 Å². The molecule has 1 amide bonds. The number of carbonyl (C=O) groups is 1. The molecule has 0 N–H and O–H groups in total. The van der Waals surface area contributed by atoms with Crippen LogP contribution in [-0.4, -0.2) is 36.3 Å². The number of thiazole rings is 1. The van der Waals surface area contributed by atoms with Gasteiger partial charge in [0.1, 0.15) is 0 Å². The molecule has 0 bridgehead atoms. The van der Waals surface area contributed by atoms with Gasteiger partial charge in [-0.2, -0.15) is 9.30 Å². The van der Waals surface area contributed by atoms with Crippen molar-refractivity contribution >= 4 is 37.5 Å². The third-order valence-corrected chi connectivity index (χ3v) is 9.10. The van der Waals surface area contributed by atoms with E-state index in [4.69, 9.17) is 0 Å². The molecule has 32 heavy (non-hydrogen) atoms. The van der Waals surface area contributed by atoms with Crippen LogP contribution in [0.2, 0.25) is 0 Å². The summed E-state index contributed by atoms with van der Waals surface area (Å²) in [5, 5.41) is 0. The first kappa shape index (κ1) is 22.9. The summed E-state index contributed by atoms with van der Waals surface area (Å²) in [5.74, 6) is -0.0131. The van der Waals surface area contributed by atoms with Crippen LogP contribution in [0.4, 0.5) is 0 Å². The molecule has 2 heterocycles. The van der Waals surface area contributed by atoms with Gasteiger partial charge in [-0.25, -0.2) is 8.42 Å². The highest BCUT2D eigenvalue weighted by molar-refractivity contribution is 7.89. The van der Waals surface area contributed by atoms with Crippen LogP contribution >= 0.6 is 11.3 Å². The first-order chi connectivity index (χ1) is 15.2. The van der Waals surface area contributed by atoms with Gasteiger partial charge < -0.3 is 4.57 Å². The average molecular weight is 472 g/mol. The molecule has 4 rings (SSSR count). The average Bonchev–Trinajstić information content (AvgIpc) is 3.11. The van der Waals surface area contributed by atoms with Gasteiger partial charge in [-0.3, -0.25) is 4.79 Å². The number of hydrogen-bond donors (Lipinski definition) is 0. The Labute approximate surface area is 193 Å². The summed E-state index contributed by atoms with van der Waals surface area (Å²) in [7, 11) is -3.54. The molecule has 1 fully saturated rings. The Hall–Kier alpha value is -2.29. The smallest absolute Gasteiger partial charge is 0.279 e. The van der Waals surface area contributed by atoms with Crippen LogP contribution in [0.25, 0.3) is 10.2 Å². The van der Waals surface area contributed by atoms with Crippen LogP contribution in [0.5, 0.6) is 0 Å². The summed E-state index contributed by atoms with van der Waals surface area (Å²) in [5.41, 5.74) is 3.80. The third kappa shape index (κ3) is 4.31. The molecule has 1 aliphatic heterocycles. The molecule has 1 aromatic heterocycles. The molecule has 1 unspecified atom stereocenters. The van der Waals surface area contributed by atoms with Gasteiger partial charge >= 0.3 is 0 Å². The Kier molecular flexibility index (Phi) is 6.38. The number of amides is 1. The predicted molar refractivity (Wildman–Crippen MR) is 128 cm³/mol. The van der Waals surface area contributed by atoms with Gasteiger partial charge in [0.15, 0.2) is 4.80 Å². The molecule has 0 saturated carbocycles. The van der Waals surface area contributed by atoms with Crippen LogP contribution in [0.3, 0.4) is 0 Å². The van der Waals surface area contributed by atoms with E-state index in [-0.39, 0.29) is 10.8 Å². The summed E-state index contributed by atoms with van der Waals surface area (Å²) >= 11 is 1.51. The van der Waals surface area contributed by atoms with Crippen molar-refractivity contribution in [2.45, 2.75) is 52.0 Å². The van der Waals surface area contributed by atoms with Crippen LogP contribution in [0.15, 0.2) is 46.3 Å². The first-order valence-corrected chi connectivity index (χ1v) is 13.3. The van der Waals surface area contributed by atoms with Gasteiger partial charge in [-0.1, -0.05) is 24.3 Å². The van der Waals surface area contributed by atoms with Crippen molar-refractivity contribution in [2.24, 2.45) is 10.9 Å². The number of nitrogens with zero attached hydrogens (tertiary/aromatic N) is 3. The molecule has 1 saturated heterocycles. The van der Waals surface area contributed by atoms with E-state index in [1.807, 2.05) is 11.5 Å². The summed E-state index contributed by atoms with van der Waals surface area (Å²) < 4.78 is 30.7. The van der Waals surface area contributed by atoms with Crippen LogP contribution in [0, 0.1) is 19.8 Å². The van der Waals surface area contributed by atoms with Crippen molar-refractivity contribution in [3.05, 3.63) is 57.9 Å². The normalized spacial score (nSPS) is 18.4. The number of carbonyl (C=O) groups excluding carboxylic acids is 1. The Bertz CT molecular complexity index is 1340. The number of hydrogen-bond acceptors (Lipinski definition) is 4. The number of aryl methyl sites for hydroxylation is 3. The molecular weight excluding hydrogens is 442 g/mol. The van der Waals surface area contributed by atoms with E-state index in [0.29, 0.717) is 35.9 Å². The SMILES string of the molecule is CCn1c(=NC(=O)c2ccc(S(=O)(=O)N3CCCC(C)C3)cc2)sc2c(C)cc(C)cc21. The summed E-state index contributed by atoms with van der Waals surface area (Å²) in [6.07, 6.45) is 1.93. The molecule has 1 aliphatic rings. The number of rotatable bonds is 4. The summed E-state index contributed by atoms with van der Waals surface area (Å²) in [4.78, 5) is 18.1. The Morgan fingerprint density at radius 1 is 1.19 bits per heavy atom. The Morgan fingerprint density at radius 3 is 2.56 bits per heavy atom. The molecule has 3 aromatic rings. The maximum absolute atomic E-state index is 13.0. The lowest BCUT2D eigenvalue weighted by Crippen LogP contribution is -2.39. The standard InChI is InChI=1S/C24H29N3O3S2/c1-5-27-21-14-17(3)13-18(4)22(21)31-24(27)25-23(28)19-8-10-20(11-9-19)32(29,30)26-12-6-7-16(2)15-26/h8-11,13-14,16H,5-7,12,15H2,1-4H3. The fourth-order valence-electron chi connectivity index (χ4n) is 4.34. The number of sulfonamides is 1. The van der Waals surface area contributed by atoms with Gasteiger partial charge in [-0.15, -0.1) is 0 Å². The molecule has 0 spiro atoms. The lowest BCUT2D eigenvalue weighted by Gasteiger charge is -2.30. The van der Waals surface area contributed by atoms with Crippen molar-refractivity contribution in [3.63, 3.8) is 0 Å². The maximum atomic E-state index is 13.0. The van der Waals surface area contributed by atoms with Gasteiger partial charge in [0.2, 0.25) is 10.0 Å². The highest BCUT2D eigenvalue weighted by Gasteiger charge is 2.28. The van der Waals surface area contributed by atoms with Gasteiger partial charge in [0, 0.05) is 25.2 Å². The fourth-order valence-corrected chi connectivity index (χ4v) is 7.08. The van der Waals surface area contributed by atoms with Crippen molar-refractivity contribution < 1.29 is 13.2 Å². The fraction of sp³-hybridized carbons (Fsp3) is 0.417. The van der Waals surface area contributed by atoms with E-state index in [0.717, 1.165) is 23.1 Å². The molecule has 0 radical (unpaired) electrons. The summed E-state index contributed by atoms with van der Waals surface area (Å²) in [6.45, 7) is 10.0. The molecule has 170 valence electrons. The van der Waals surface area contributed by atoms with E-state index < -0.39 is 10.0 Å². The van der Waals surface area contributed by atoms with Crippen molar-refractivity contribution in [1.82, 2.24) is 8.87 Å². The summed E-state index contributed by atoms with van der Waals surface area (Å²) in [6, 6.07) is 10.4.